The Morgan fingerprint density at radius 2 is 1.94 bits per heavy atom. The molecule has 0 amide bonds. The average molecular weight is 227 g/mol. The van der Waals surface area contributed by atoms with Gasteiger partial charge in [0.15, 0.2) is 0 Å². The van der Waals surface area contributed by atoms with Crippen LogP contribution in [0.15, 0.2) is 36.5 Å². The lowest BCUT2D eigenvalue weighted by Crippen LogP contribution is -1.87. The van der Waals surface area contributed by atoms with E-state index in [2.05, 4.69) is 6.07 Å². The molecule has 2 aromatic rings. The van der Waals surface area contributed by atoms with Crippen molar-refractivity contribution >= 4 is 5.69 Å². The molecule has 0 saturated carbocycles. The zero-order valence-electron chi connectivity index (χ0n) is 9.12. The van der Waals surface area contributed by atoms with E-state index in [9.17, 15) is 10.1 Å². The van der Waals surface area contributed by atoms with Crippen molar-refractivity contribution in [3.8, 4) is 17.2 Å². The maximum absolute atomic E-state index is 10.5. The third-order valence-electron chi connectivity index (χ3n) is 2.53. The highest BCUT2D eigenvalue weighted by atomic mass is 16.6. The lowest BCUT2D eigenvalue weighted by atomic mass is 10.1. The molecule has 0 aliphatic heterocycles. The molecule has 0 fully saturated rings. The second kappa shape index (κ2) is 4.10. The van der Waals surface area contributed by atoms with Gasteiger partial charge < -0.3 is 4.57 Å². The van der Waals surface area contributed by atoms with Crippen LogP contribution in [0.4, 0.5) is 5.69 Å². The van der Waals surface area contributed by atoms with E-state index < -0.39 is 4.92 Å². The number of nitrogens with zero attached hydrogens (tertiary/aromatic N) is 3. The van der Waals surface area contributed by atoms with Crippen LogP contribution >= 0.6 is 0 Å². The quantitative estimate of drug-likeness (QED) is 0.584. The number of nitro benzene ring substituents is 1. The van der Waals surface area contributed by atoms with Crippen molar-refractivity contribution < 1.29 is 4.92 Å². The SMILES string of the molecule is Cn1cc(-c2ccc([N+](=O)[O-])cc2)cc1C#N. The molecule has 2 rings (SSSR count). The molecule has 1 aromatic heterocycles. The molecule has 84 valence electrons. The van der Waals surface area contributed by atoms with Gasteiger partial charge in [-0.25, -0.2) is 0 Å². The van der Waals surface area contributed by atoms with Crippen LogP contribution in [0.3, 0.4) is 0 Å². The highest BCUT2D eigenvalue weighted by Crippen LogP contribution is 2.23. The van der Waals surface area contributed by atoms with Crippen molar-refractivity contribution in [1.82, 2.24) is 4.57 Å². The molecule has 0 N–H and O–H groups in total. The normalized spacial score (nSPS) is 9.88. The van der Waals surface area contributed by atoms with Gasteiger partial charge in [0, 0.05) is 30.9 Å². The molecule has 1 aromatic carbocycles. The standard InChI is InChI=1S/C12H9N3O2/c1-14-8-10(6-12(14)7-13)9-2-4-11(5-3-9)15(16)17/h2-6,8H,1H3. The molecule has 0 atom stereocenters. The molecular weight excluding hydrogens is 218 g/mol. The van der Waals surface area contributed by atoms with E-state index in [0.717, 1.165) is 11.1 Å². The van der Waals surface area contributed by atoms with Gasteiger partial charge in [0.05, 0.1) is 4.92 Å². The van der Waals surface area contributed by atoms with Gasteiger partial charge in [-0.1, -0.05) is 0 Å². The summed E-state index contributed by atoms with van der Waals surface area (Å²) in [5.41, 5.74) is 2.34. The van der Waals surface area contributed by atoms with Crippen LogP contribution in [0.2, 0.25) is 0 Å². The predicted molar refractivity (Wildman–Crippen MR) is 62.2 cm³/mol. The van der Waals surface area contributed by atoms with Crippen LogP contribution in [0.1, 0.15) is 5.69 Å². The molecule has 5 heteroatoms. The minimum absolute atomic E-state index is 0.0604. The summed E-state index contributed by atoms with van der Waals surface area (Å²) in [6.45, 7) is 0. The second-order valence-electron chi connectivity index (χ2n) is 3.64. The van der Waals surface area contributed by atoms with E-state index in [-0.39, 0.29) is 5.69 Å². The van der Waals surface area contributed by atoms with Gasteiger partial charge in [0.1, 0.15) is 11.8 Å². The van der Waals surface area contributed by atoms with Crippen LogP contribution in [0.25, 0.3) is 11.1 Å². The lowest BCUT2D eigenvalue weighted by Gasteiger charge is -1.96. The van der Waals surface area contributed by atoms with Gasteiger partial charge in [0.2, 0.25) is 0 Å². The Balaban J connectivity index is 2.40. The fourth-order valence-electron chi connectivity index (χ4n) is 1.61. The Morgan fingerprint density at radius 1 is 1.29 bits per heavy atom. The number of hydrogen-bond donors (Lipinski definition) is 0. The topological polar surface area (TPSA) is 71.9 Å². The molecule has 1 heterocycles. The Hall–Kier alpha value is -2.61. The summed E-state index contributed by atoms with van der Waals surface area (Å²) in [5, 5.41) is 19.3. The summed E-state index contributed by atoms with van der Waals surface area (Å²) in [6, 6.07) is 10.1. The number of hydrogen-bond acceptors (Lipinski definition) is 3. The van der Waals surface area contributed by atoms with Gasteiger partial charge in [-0.15, -0.1) is 0 Å². The number of non-ortho nitro benzene ring substituents is 1. The zero-order chi connectivity index (χ0) is 12.4. The van der Waals surface area contributed by atoms with Gasteiger partial charge in [0.25, 0.3) is 5.69 Å². The largest absolute Gasteiger partial charge is 0.342 e. The first-order valence-electron chi connectivity index (χ1n) is 4.93. The minimum Gasteiger partial charge on any atom is -0.342 e. The monoisotopic (exact) mass is 227 g/mol. The van der Waals surface area contributed by atoms with Crippen molar-refractivity contribution in [2.24, 2.45) is 7.05 Å². The van der Waals surface area contributed by atoms with Crippen molar-refractivity contribution in [3.63, 3.8) is 0 Å². The Bertz CT molecular complexity index is 606. The van der Waals surface area contributed by atoms with Gasteiger partial charge >= 0.3 is 0 Å². The molecule has 0 saturated heterocycles. The zero-order valence-corrected chi connectivity index (χ0v) is 9.12. The smallest absolute Gasteiger partial charge is 0.269 e. The van der Waals surface area contributed by atoms with Crippen LogP contribution in [-0.2, 0) is 7.05 Å². The van der Waals surface area contributed by atoms with Crippen molar-refractivity contribution in [2.75, 3.05) is 0 Å². The first kappa shape index (κ1) is 10.9. The van der Waals surface area contributed by atoms with Crippen molar-refractivity contribution in [1.29, 1.82) is 5.26 Å². The fraction of sp³-hybridized carbons (Fsp3) is 0.0833. The second-order valence-corrected chi connectivity index (χ2v) is 3.64. The first-order valence-corrected chi connectivity index (χ1v) is 4.93. The summed E-state index contributed by atoms with van der Waals surface area (Å²) in [5.74, 6) is 0. The molecular formula is C12H9N3O2. The predicted octanol–water partition coefficient (Wildman–Crippen LogP) is 2.47. The molecule has 0 aliphatic carbocycles. The summed E-state index contributed by atoms with van der Waals surface area (Å²) in [7, 11) is 1.79. The molecule has 0 radical (unpaired) electrons. The Morgan fingerprint density at radius 3 is 2.41 bits per heavy atom. The number of rotatable bonds is 2. The number of aromatic nitrogens is 1. The summed E-state index contributed by atoms with van der Waals surface area (Å²) in [6.07, 6.45) is 1.82. The number of nitro groups is 1. The van der Waals surface area contributed by atoms with E-state index in [1.165, 1.54) is 12.1 Å². The van der Waals surface area contributed by atoms with Crippen LogP contribution < -0.4 is 0 Å². The maximum Gasteiger partial charge on any atom is 0.269 e. The van der Waals surface area contributed by atoms with Gasteiger partial charge in [-0.05, 0) is 23.8 Å². The van der Waals surface area contributed by atoms with Gasteiger partial charge in [-0.2, -0.15) is 5.26 Å². The number of aryl methyl sites for hydroxylation is 1. The van der Waals surface area contributed by atoms with Crippen LogP contribution in [0, 0.1) is 21.4 Å². The summed E-state index contributed by atoms with van der Waals surface area (Å²) < 4.78 is 1.72. The van der Waals surface area contributed by atoms with E-state index in [1.807, 2.05) is 6.20 Å². The highest BCUT2D eigenvalue weighted by molar-refractivity contribution is 5.66. The average Bonchev–Trinajstić information content (AvgIpc) is 2.70. The molecule has 0 unspecified atom stereocenters. The minimum atomic E-state index is -0.435. The van der Waals surface area contributed by atoms with Crippen molar-refractivity contribution in [2.45, 2.75) is 0 Å². The third-order valence-corrected chi connectivity index (χ3v) is 2.53. The van der Waals surface area contributed by atoms with Crippen molar-refractivity contribution in [3.05, 3.63) is 52.3 Å². The fourth-order valence-corrected chi connectivity index (χ4v) is 1.61. The van der Waals surface area contributed by atoms with Crippen LogP contribution in [0.5, 0.6) is 0 Å². The molecule has 17 heavy (non-hydrogen) atoms. The molecule has 0 spiro atoms. The Labute approximate surface area is 97.7 Å². The van der Waals surface area contributed by atoms with E-state index in [4.69, 9.17) is 5.26 Å². The molecule has 0 bridgehead atoms. The van der Waals surface area contributed by atoms with E-state index in [0.29, 0.717) is 5.69 Å². The lowest BCUT2D eigenvalue weighted by molar-refractivity contribution is -0.384. The third kappa shape index (κ3) is 2.01. The van der Waals surface area contributed by atoms with E-state index in [1.54, 1.807) is 29.8 Å². The van der Waals surface area contributed by atoms with E-state index >= 15 is 0 Å². The summed E-state index contributed by atoms with van der Waals surface area (Å²) in [4.78, 5) is 10.1. The van der Waals surface area contributed by atoms with Gasteiger partial charge in [-0.3, -0.25) is 10.1 Å². The molecule has 0 aliphatic rings. The number of benzene rings is 1. The highest BCUT2D eigenvalue weighted by Gasteiger charge is 2.07. The Kier molecular flexibility index (Phi) is 2.63. The first-order chi connectivity index (χ1) is 8.11. The maximum atomic E-state index is 10.5. The summed E-state index contributed by atoms with van der Waals surface area (Å²) >= 11 is 0. The number of nitriles is 1. The molecule has 5 nitrogen and oxygen atoms in total. The van der Waals surface area contributed by atoms with Crippen LogP contribution in [-0.4, -0.2) is 9.49 Å².